The van der Waals surface area contributed by atoms with Crippen molar-refractivity contribution in [2.75, 3.05) is 5.32 Å². The van der Waals surface area contributed by atoms with E-state index in [4.69, 9.17) is 11.6 Å². The number of halogens is 4. The second-order valence-corrected chi connectivity index (χ2v) is 6.26. The van der Waals surface area contributed by atoms with Crippen molar-refractivity contribution in [2.45, 2.75) is 0 Å². The van der Waals surface area contributed by atoms with E-state index in [2.05, 4.69) is 20.5 Å². The fourth-order valence-corrected chi connectivity index (χ4v) is 3.08. The molecule has 3 aromatic rings. The van der Waals surface area contributed by atoms with Crippen LogP contribution < -0.4 is 5.32 Å². The summed E-state index contributed by atoms with van der Waals surface area (Å²) in [5, 5.41) is 9.27. The predicted molar refractivity (Wildman–Crippen MR) is 72.4 cm³/mol. The van der Waals surface area contributed by atoms with Gasteiger partial charge in [0.15, 0.2) is 22.6 Å². The average molecular weight is 351 g/mol. The maximum absolute atomic E-state index is 13.5. The molecule has 2 aromatic heterocycles. The number of thiazole rings is 1. The third kappa shape index (κ3) is 2.57. The first-order valence-corrected chi connectivity index (χ1v) is 7.21. The number of hydrogen-bond donors (Lipinski definition) is 1. The summed E-state index contributed by atoms with van der Waals surface area (Å²) in [5.41, 5.74) is -0.357. The second kappa shape index (κ2) is 5.20. The number of nitrogens with zero attached hydrogens (tertiary/aromatic N) is 3. The van der Waals surface area contributed by atoms with Gasteiger partial charge in [0.25, 0.3) is 5.91 Å². The van der Waals surface area contributed by atoms with Crippen molar-refractivity contribution in [1.29, 1.82) is 0 Å². The number of hydrogen-bond acceptors (Lipinski definition) is 6. The molecule has 0 bridgehead atoms. The molecule has 108 valence electrons. The van der Waals surface area contributed by atoms with Crippen molar-refractivity contribution in [2.24, 2.45) is 0 Å². The first kappa shape index (κ1) is 14.2. The minimum Gasteiger partial charge on any atom is -0.296 e. The van der Waals surface area contributed by atoms with Crippen LogP contribution in [0.1, 0.15) is 9.80 Å². The number of fused-ring (bicyclic) bond motifs is 1. The van der Waals surface area contributed by atoms with Crippen LogP contribution in [0.5, 0.6) is 0 Å². The van der Waals surface area contributed by atoms with E-state index in [1.54, 1.807) is 0 Å². The number of nitrogens with one attached hydrogen (secondary N) is 1. The highest BCUT2D eigenvalue weighted by molar-refractivity contribution is 7.22. The zero-order valence-corrected chi connectivity index (χ0v) is 12.0. The highest BCUT2D eigenvalue weighted by Crippen LogP contribution is 2.30. The molecule has 0 aliphatic heterocycles. The van der Waals surface area contributed by atoms with Gasteiger partial charge in [-0.05, 0) is 17.7 Å². The number of amides is 1. The highest BCUT2D eigenvalue weighted by Gasteiger charge is 2.19. The van der Waals surface area contributed by atoms with Crippen molar-refractivity contribution in [3.8, 4) is 0 Å². The predicted octanol–water partition coefficient (Wildman–Crippen LogP) is 3.47. The summed E-state index contributed by atoms with van der Waals surface area (Å²) < 4.78 is 39.9. The topological polar surface area (TPSA) is 67.8 Å². The molecule has 0 radical (unpaired) electrons. The van der Waals surface area contributed by atoms with Crippen LogP contribution in [-0.4, -0.2) is 21.1 Å². The molecule has 3 rings (SSSR count). The fourth-order valence-electron chi connectivity index (χ4n) is 1.48. The van der Waals surface area contributed by atoms with Crippen LogP contribution in [0.15, 0.2) is 6.07 Å². The molecule has 2 heterocycles. The van der Waals surface area contributed by atoms with Crippen LogP contribution in [-0.2, 0) is 0 Å². The van der Waals surface area contributed by atoms with Crippen LogP contribution in [0.3, 0.4) is 0 Å². The minimum absolute atomic E-state index is 0.0166. The maximum Gasteiger partial charge on any atom is 0.288 e. The van der Waals surface area contributed by atoms with E-state index < -0.39 is 23.4 Å². The van der Waals surface area contributed by atoms with Crippen molar-refractivity contribution in [3.63, 3.8) is 0 Å². The molecule has 0 atom stereocenters. The maximum atomic E-state index is 13.5. The molecule has 1 N–H and O–H groups in total. The van der Waals surface area contributed by atoms with Crippen molar-refractivity contribution in [1.82, 2.24) is 15.2 Å². The minimum atomic E-state index is -1.61. The molecule has 21 heavy (non-hydrogen) atoms. The molecule has 0 fully saturated rings. The van der Waals surface area contributed by atoms with Crippen LogP contribution in [0.4, 0.5) is 18.3 Å². The number of carbonyl (C=O) groups is 1. The Bertz CT molecular complexity index is 865. The summed E-state index contributed by atoms with van der Waals surface area (Å²) in [4.78, 5) is 15.5. The summed E-state index contributed by atoms with van der Waals surface area (Å²) >= 11 is 7.19. The molecule has 1 aromatic carbocycles. The molecule has 1 amide bonds. The van der Waals surface area contributed by atoms with Gasteiger partial charge in [-0.3, -0.25) is 10.1 Å². The van der Waals surface area contributed by atoms with Crippen LogP contribution in [0, 0.1) is 17.5 Å². The third-order valence-corrected chi connectivity index (χ3v) is 4.27. The lowest BCUT2D eigenvalue weighted by molar-refractivity contribution is 0.102. The Hall–Kier alpha value is -1.78. The highest BCUT2D eigenvalue weighted by atomic mass is 35.5. The fraction of sp³-hybridized carbons (Fsp3) is 0. The first-order valence-electron chi connectivity index (χ1n) is 5.20. The van der Waals surface area contributed by atoms with Crippen LogP contribution in [0.2, 0.25) is 4.47 Å². The molecule has 0 unspecified atom stereocenters. The number of aromatic nitrogens is 3. The lowest BCUT2D eigenvalue weighted by atomic mass is 10.3. The molecular weight excluding hydrogens is 349 g/mol. The largest absolute Gasteiger partial charge is 0.296 e. The normalized spacial score (nSPS) is 11.0. The molecule has 0 aliphatic carbocycles. The number of benzene rings is 1. The van der Waals surface area contributed by atoms with Crippen LogP contribution in [0.25, 0.3) is 10.2 Å². The van der Waals surface area contributed by atoms with Gasteiger partial charge < -0.3 is 0 Å². The van der Waals surface area contributed by atoms with E-state index >= 15 is 0 Å². The summed E-state index contributed by atoms with van der Waals surface area (Å²) in [5.74, 6) is -4.99. The standard InChI is InChI=1S/C10H2ClF3N4OS2/c11-9-18-17-8(21-9)7(19)16-10-15-6-3(20-10)1-2(12)4(13)5(6)14/h1H,(H,15,16,19). The van der Waals surface area contributed by atoms with Gasteiger partial charge in [0, 0.05) is 0 Å². The third-order valence-electron chi connectivity index (χ3n) is 2.34. The van der Waals surface area contributed by atoms with E-state index in [-0.39, 0.29) is 24.8 Å². The van der Waals surface area contributed by atoms with Gasteiger partial charge in [0.1, 0.15) is 5.52 Å². The average Bonchev–Trinajstić information content (AvgIpc) is 3.02. The Labute approximate surface area is 127 Å². The molecule has 11 heteroatoms. The number of anilines is 1. The monoisotopic (exact) mass is 350 g/mol. The Kier molecular flexibility index (Phi) is 3.51. The lowest BCUT2D eigenvalue weighted by Crippen LogP contribution is -2.11. The Morgan fingerprint density at radius 3 is 2.62 bits per heavy atom. The summed E-state index contributed by atoms with van der Waals surface area (Å²) in [7, 11) is 0. The van der Waals surface area contributed by atoms with E-state index in [0.717, 1.165) is 28.7 Å². The Balaban J connectivity index is 1.95. The van der Waals surface area contributed by atoms with E-state index in [1.165, 1.54) is 0 Å². The number of carbonyl (C=O) groups excluding carboxylic acids is 1. The van der Waals surface area contributed by atoms with E-state index in [9.17, 15) is 18.0 Å². The molecule has 5 nitrogen and oxygen atoms in total. The molecule has 0 saturated heterocycles. The molecule has 0 spiro atoms. The Morgan fingerprint density at radius 1 is 1.19 bits per heavy atom. The van der Waals surface area contributed by atoms with Crippen molar-refractivity contribution in [3.05, 3.63) is 33.0 Å². The van der Waals surface area contributed by atoms with Gasteiger partial charge in [-0.1, -0.05) is 22.7 Å². The zero-order chi connectivity index (χ0) is 15.1. The quantitative estimate of drug-likeness (QED) is 0.719. The number of rotatable bonds is 2. The van der Waals surface area contributed by atoms with Crippen LogP contribution >= 0.6 is 34.3 Å². The zero-order valence-electron chi connectivity index (χ0n) is 9.66. The van der Waals surface area contributed by atoms with E-state index in [1.807, 2.05) is 0 Å². The lowest BCUT2D eigenvalue weighted by Gasteiger charge is -1.95. The first-order chi connectivity index (χ1) is 9.95. The summed E-state index contributed by atoms with van der Waals surface area (Å²) in [6.45, 7) is 0. The van der Waals surface area contributed by atoms with Gasteiger partial charge in [-0.25, -0.2) is 18.2 Å². The molecule has 0 aliphatic rings. The molecule has 0 saturated carbocycles. The van der Waals surface area contributed by atoms with Gasteiger partial charge in [0.2, 0.25) is 9.47 Å². The smallest absolute Gasteiger partial charge is 0.288 e. The second-order valence-electron chi connectivity index (χ2n) is 3.67. The summed E-state index contributed by atoms with van der Waals surface area (Å²) in [6, 6.07) is 0.808. The van der Waals surface area contributed by atoms with Crippen molar-refractivity contribution < 1.29 is 18.0 Å². The molecular formula is C10H2ClF3N4OS2. The van der Waals surface area contributed by atoms with Gasteiger partial charge in [0.05, 0.1) is 4.70 Å². The van der Waals surface area contributed by atoms with Gasteiger partial charge in [-0.15, -0.1) is 10.2 Å². The van der Waals surface area contributed by atoms with Gasteiger partial charge >= 0.3 is 0 Å². The summed E-state index contributed by atoms with van der Waals surface area (Å²) in [6.07, 6.45) is 0. The van der Waals surface area contributed by atoms with E-state index in [0.29, 0.717) is 0 Å². The SMILES string of the molecule is O=C(Nc1nc2c(F)c(F)c(F)cc2s1)c1nnc(Cl)s1. The van der Waals surface area contributed by atoms with Crippen molar-refractivity contribution >= 4 is 55.5 Å². The van der Waals surface area contributed by atoms with Gasteiger partial charge in [-0.2, -0.15) is 0 Å². The Morgan fingerprint density at radius 2 is 1.95 bits per heavy atom.